The molecule has 1 aromatic rings. The predicted molar refractivity (Wildman–Crippen MR) is 87.9 cm³/mol. The minimum Gasteiger partial charge on any atom is -0.465 e. The van der Waals surface area contributed by atoms with Crippen molar-refractivity contribution in [2.24, 2.45) is 0 Å². The number of esters is 1. The number of carbonyl (C=O) groups excluding carboxylic acids is 2. The monoisotopic (exact) mass is 324 g/mol. The second-order valence-electron chi connectivity index (χ2n) is 5.77. The van der Waals surface area contributed by atoms with Crippen molar-refractivity contribution < 1.29 is 14.3 Å². The summed E-state index contributed by atoms with van der Waals surface area (Å²) in [4.78, 5) is 29.3. The predicted octanol–water partition coefficient (Wildman–Crippen LogP) is 2.05. The molecule has 0 atom stereocenters. The lowest BCUT2D eigenvalue weighted by Crippen LogP contribution is -2.44. The molecule has 0 aromatic carbocycles. The van der Waals surface area contributed by atoms with Crippen molar-refractivity contribution in [2.75, 3.05) is 46.9 Å². The van der Waals surface area contributed by atoms with Gasteiger partial charge in [-0.2, -0.15) is 0 Å². The summed E-state index contributed by atoms with van der Waals surface area (Å²) in [6.45, 7) is 7.13. The second kappa shape index (κ2) is 7.85. The fourth-order valence-corrected chi connectivity index (χ4v) is 3.68. The van der Waals surface area contributed by atoms with Crippen LogP contribution in [0.4, 0.5) is 0 Å². The summed E-state index contributed by atoms with van der Waals surface area (Å²) in [7, 11) is 3.50. The fourth-order valence-electron chi connectivity index (χ4n) is 2.65. The van der Waals surface area contributed by atoms with E-state index in [0.717, 1.165) is 44.7 Å². The van der Waals surface area contributed by atoms with Crippen LogP contribution >= 0.6 is 11.3 Å². The number of hydrogen-bond acceptors (Lipinski definition) is 6. The first-order valence-corrected chi connectivity index (χ1v) is 8.51. The normalized spacial score (nSPS) is 16.7. The number of ether oxygens (including phenoxy) is 1. The quantitative estimate of drug-likeness (QED) is 0.592. The van der Waals surface area contributed by atoms with Gasteiger partial charge in [0.2, 0.25) is 0 Å². The standard InChI is InChI=1S/C16H24N2O3S/c1-12-13(16(20)21-3)11-22-15(12)14(19)5-4-6-18-9-7-17(2)8-10-18/h11H,4-10H2,1-3H3. The third-order valence-electron chi connectivity index (χ3n) is 4.17. The number of thiophene rings is 1. The lowest BCUT2D eigenvalue weighted by atomic mass is 10.1. The number of methoxy groups -OCH3 is 1. The molecule has 0 N–H and O–H groups in total. The van der Waals surface area contributed by atoms with Crippen molar-refractivity contribution in [1.82, 2.24) is 9.80 Å². The van der Waals surface area contributed by atoms with Crippen LogP contribution in [-0.4, -0.2) is 68.4 Å². The van der Waals surface area contributed by atoms with Crippen LogP contribution in [-0.2, 0) is 4.74 Å². The number of piperazine rings is 1. The second-order valence-corrected chi connectivity index (χ2v) is 6.65. The lowest BCUT2D eigenvalue weighted by Gasteiger charge is -2.32. The van der Waals surface area contributed by atoms with Crippen LogP contribution in [0.15, 0.2) is 5.38 Å². The Hall–Kier alpha value is -1.24. The summed E-state index contributed by atoms with van der Waals surface area (Å²) < 4.78 is 4.73. The van der Waals surface area contributed by atoms with E-state index in [1.54, 1.807) is 5.38 Å². The first-order valence-electron chi connectivity index (χ1n) is 7.63. The zero-order valence-corrected chi connectivity index (χ0v) is 14.4. The van der Waals surface area contributed by atoms with E-state index < -0.39 is 0 Å². The average molecular weight is 324 g/mol. The van der Waals surface area contributed by atoms with Crippen LogP contribution < -0.4 is 0 Å². The highest BCUT2D eigenvalue weighted by Gasteiger charge is 2.20. The van der Waals surface area contributed by atoms with Gasteiger partial charge in [-0.05, 0) is 32.5 Å². The van der Waals surface area contributed by atoms with Gasteiger partial charge < -0.3 is 14.5 Å². The van der Waals surface area contributed by atoms with Crippen LogP contribution in [0.3, 0.4) is 0 Å². The molecule has 0 radical (unpaired) electrons. The van der Waals surface area contributed by atoms with Gasteiger partial charge in [-0.3, -0.25) is 4.79 Å². The van der Waals surface area contributed by atoms with E-state index in [0.29, 0.717) is 16.9 Å². The van der Waals surface area contributed by atoms with Crippen LogP contribution in [0.5, 0.6) is 0 Å². The molecule has 1 aliphatic heterocycles. The van der Waals surface area contributed by atoms with Gasteiger partial charge in [-0.15, -0.1) is 11.3 Å². The van der Waals surface area contributed by atoms with Crippen molar-refractivity contribution in [3.8, 4) is 0 Å². The number of carbonyl (C=O) groups is 2. The van der Waals surface area contributed by atoms with Gasteiger partial charge in [0.25, 0.3) is 0 Å². The minimum absolute atomic E-state index is 0.131. The first kappa shape index (κ1) is 17.1. The molecule has 22 heavy (non-hydrogen) atoms. The number of Topliss-reactive ketones (excluding diaryl/α,β-unsaturated/α-hetero) is 1. The Bertz CT molecular complexity index is 533. The van der Waals surface area contributed by atoms with E-state index >= 15 is 0 Å². The van der Waals surface area contributed by atoms with E-state index in [1.165, 1.54) is 18.4 Å². The Morgan fingerprint density at radius 2 is 1.95 bits per heavy atom. The number of hydrogen-bond donors (Lipinski definition) is 0. The first-order chi connectivity index (χ1) is 10.5. The molecule has 2 heterocycles. The van der Waals surface area contributed by atoms with Gasteiger partial charge in [0, 0.05) is 38.0 Å². The van der Waals surface area contributed by atoms with E-state index in [4.69, 9.17) is 4.74 Å². The summed E-state index contributed by atoms with van der Waals surface area (Å²) in [5, 5.41) is 1.72. The van der Waals surface area contributed by atoms with Gasteiger partial charge in [-0.25, -0.2) is 4.79 Å². The van der Waals surface area contributed by atoms with E-state index in [-0.39, 0.29) is 11.8 Å². The average Bonchev–Trinajstić information content (AvgIpc) is 2.90. The number of rotatable bonds is 6. The maximum atomic E-state index is 12.3. The Morgan fingerprint density at radius 1 is 1.27 bits per heavy atom. The summed E-state index contributed by atoms with van der Waals surface area (Å²) >= 11 is 1.34. The van der Waals surface area contributed by atoms with E-state index in [2.05, 4.69) is 16.8 Å². The van der Waals surface area contributed by atoms with Crippen LogP contribution in [0.1, 0.15) is 38.4 Å². The maximum absolute atomic E-state index is 12.3. The fraction of sp³-hybridized carbons (Fsp3) is 0.625. The zero-order valence-electron chi connectivity index (χ0n) is 13.6. The zero-order chi connectivity index (χ0) is 16.1. The van der Waals surface area contributed by atoms with Crippen LogP contribution in [0, 0.1) is 6.92 Å². The minimum atomic E-state index is -0.370. The van der Waals surface area contributed by atoms with Crippen LogP contribution in [0.2, 0.25) is 0 Å². The van der Waals surface area contributed by atoms with Crippen molar-refractivity contribution in [1.29, 1.82) is 0 Å². The molecule has 6 heteroatoms. The summed E-state index contributed by atoms with van der Waals surface area (Å²) in [6, 6.07) is 0. The molecule has 0 aliphatic carbocycles. The Morgan fingerprint density at radius 3 is 2.59 bits per heavy atom. The molecule has 1 saturated heterocycles. The molecule has 1 aliphatic rings. The number of likely N-dealkylation sites (N-methyl/N-ethyl adjacent to an activating group) is 1. The summed E-state index contributed by atoms with van der Waals surface area (Å²) in [5.41, 5.74) is 1.26. The lowest BCUT2D eigenvalue weighted by molar-refractivity contribution is 0.0600. The van der Waals surface area contributed by atoms with Gasteiger partial charge >= 0.3 is 5.97 Å². The van der Waals surface area contributed by atoms with Crippen molar-refractivity contribution >= 4 is 23.1 Å². The summed E-state index contributed by atoms with van der Waals surface area (Å²) in [6.07, 6.45) is 1.40. The molecule has 0 unspecified atom stereocenters. The largest absolute Gasteiger partial charge is 0.465 e. The smallest absolute Gasteiger partial charge is 0.338 e. The summed E-state index contributed by atoms with van der Waals surface area (Å²) in [5.74, 6) is -0.239. The van der Waals surface area contributed by atoms with Crippen LogP contribution in [0.25, 0.3) is 0 Å². The molecule has 0 spiro atoms. The topological polar surface area (TPSA) is 49.9 Å². The molecular weight excluding hydrogens is 300 g/mol. The molecule has 0 amide bonds. The molecule has 2 rings (SSSR count). The molecule has 0 saturated carbocycles. The Labute approximate surface area is 135 Å². The highest BCUT2D eigenvalue weighted by atomic mass is 32.1. The highest BCUT2D eigenvalue weighted by Crippen LogP contribution is 2.24. The van der Waals surface area contributed by atoms with Gasteiger partial charge in [-0.1, -0.05) is 0 Å². The SMILES string of the molecule is COC(=O)c1csc(C(=O)CCCN2CCN(C)CC2)c1C. The van der Waals surface area contributed by atoms with Gasteiger partial charge in [0.1, 0.15) is 0 Å². The van der Waals surface area contributed by atoms with Crippen molar-refractivity contribution in [3.63, 3.8) is 0 Å². The third-order valence-corrected chi connectivity index (χ3v) is 5.29. The molecule has 1 fully saturated rings. The molecule has 122 valence electrons. The molecule has 5 nitrogen and oxygen atoms in total. The maximum Gasteiger partial charge on any atom is 0.338 e. The molecule has 0 bridgehead atoms. The van der Waals surface area contributed by atoms with E-state index in [1.807, 2.05) is 6.92 Å². The van der Waals surface area contributed by atoms with Gasteiger partial charge in [0.15, 0.2) is 5.78 Å². The van der Waals surface area contributed by atoms with Crippen molar-refractivity contribution in [2.45, 2.75) is 19.8 Å². The third kappa shape index (κ3) is 4.15. The number of ketones is 1. The molecular formula is C16H24N2O3S. The molecule has 1 aromatic heterocycles. The van der Waals surface area contributed by atoms with Crippen molar-refractivity contribution in [3.05, 3.63) is 21.4 Å². The Kier molecular flexibility index (Phi) is 6.11. The van der Waals surface area contributed by atoms with Gasteiger partial charge in [0.05, 0.1) is 17.6 Å². The van der Waals surface area contributed by atoms with E-state index in [9.17, 15) is 9.59 Å². The highest BCUT2D eigenvalue weighted by molar-refractivity contribution is 7.12. The Balaban J connectivity index is 1.82. The number of nitrogens with zero attached hydrogens (tertiary/aromatic N) is 2.